The Bertz CT molecular complexity index is 1560. The number of aromatic nitrogens is 3. The van der Waals surface area contributed by atoms with E-state index in [4.69, 9.17) is 32.7 Å². The SMILES string of the molecule is Cc1ccc2c(Cl)cc(Cl)c(OCC(=O)OC(C)C(=O)Nc3c(C)n(C)n(-c4ccccc4)c3=O)c2n1. The topological polar surface area (TPSA) is 104 Å². The number of carbonyl (C=O) groups excluding carboxylic acids is 2. The number of nitrogens with one attached hydrogen (secondary N) is 1. The van der Waals surface area contributed by atoms with Gasteiger partial charge in [0.25, 0.3) is 11.5 Å². The number of hydrogen-bond acceptors (Lipinski definition) is 6. The molecule has 1 N–H and O–H groups in total. The van der Waals surface area contributed by atoms with E-state index in [1.807, 2.05) is 18.2 Å². The van der Waals surface area contributed by atoms with Gasteiger partial charge in [0.05, 0.1) is 21.4 Å². The third-order valence-corrected chi connectivity index (χ3v) is 6.38. The van der Waals surface area contributed by atoms with Crippen molar-refractivity contribution in [3.05, 3.63) is 80.3 Å². The van der Waals surface area contributed by atoms with Gasteiger partial charge in [-0.05, 0) is 51.1 Å². The highest BCUT2D eigenvalue weighted by Crippen LogP contribution is 2.37. The van der Waals surface area contributed by atoms with E-state index in [1.54, 1.807) is 49.8 Å². The first-order valence-corrected chi connectivity index (χ1v) is 12.1. The van der Waals surface area contributed by atoms with E-state index in [-0.39, 0.29) is 16.5 Å². The molecule has 192 valence electrons. The molecule has 1 atom stereocenters. The summed E-state index contributed by atoms with van der Waals surface area (Å²) in [5.41, 5.74) is 1.99. The lowest BCUT2D eigenvalue weighted by Crippen LogP contribution is -2.33. The van der Waals surface area contributed by atoms with Gasteiger partial charge in [-0.25, -0.2) is 14.5 Å². The molecule has 0 aliphatic carbocycles. The number of esters is 1. The summed E-state index contributed by atoms with van der Waals surface area (Å²) < 4.78 is 13.9. The van der Waals surface area contributed by atoms with Crippen LogP contribution in [-0.2, 0) is 21.4 Å². The molecule has 11 heteroatoms. The zero-order valence-electron chi connectivity index (χ0n) is 20.5. The van der Waals surface area contributed by atoms with Crippen LogP contribution in [0.5, 0.6) is 5.75 Å². The number of nitrogens with zero attached hydrogens (tertiary/aromatic N) is 3. The van der Waals surface area contributed by atoms with Crippen molar-refractivity contribution in [2.24, 2.45) is 7.05 Å². The van der Waals surface area contributed by atoms with Gasteiger partial charge in [0.2, 0.25) is 0 Å². The Morgan fingerprint density at radius 1 is 1.08 bits per heavy atom. The number of carbonyl (C=O) groups is 2. The first kappa shape index (κ1) is 26.2. The second-order valence-electron chi connectivity index (χ2n) is 8.36. The molecule has 0 aliphatic rings. The molecular formula is C26H24Cl2N4O5. The Balaban J connectivity index is 1.44. The molecule has 9 nitrogen and oxygen atoms in total. The van der Waals surface area contributed by atoms with Crippen molar-refractivity contribution in [1.82, 2.24) is 14.3 Å². The number of aryl methyl sites for hydroxylation is 1. The van der Waals surface area contributed by atoms with Crippen LogP contribution in [0.3, 0.4) is 0 Å². The number of ether oxygens (including phenoxy) is 2. The monoisotopic (exact) mass is 542 g/mol. The summed E-state index contributed by atoms with van der Waals surface area (Å²) in [6.07, 6.45) is -1.20. The molecular weight excluding hydrogens is 519 g/mol. The smallest absolute Gasteiger partial charge is 0.344 e. The maximum atomic E-state index is 13.0. The normalized spacial score (nSPS) is 11.8. The zero-order valence-corrected chi connectivity index (χ0v) is 22.1. The van der Waals surface area contributed by atoms with Gasteiger partial charge in [0.15, 0.2) is 18.5 Å². The van der Waals surface area contributed by atoms with E-state index in [0.29, 0.717) is 33.0 Å². The van der Waals surface area contributed by atoms with Gasteiger partial charge in [-0.15, -0.1) is 0 Å². The van der Waals surface area contributed by atoms with Gasteiger partial charge >= 0.3 is 5.97 Å². The predicted molar refractivity (Wildman–Crippen MR) is 142 cm³/mol. The minimum absolute atomic E-state index is 0.0939. The van der Waals surface area contributed by atoms with Gasteiger partial charge in [-0.2, -0.15) is 0 Å². The molecule has 0 spiro atoms. The molecule has 4 aromatic rings. The number of pyridine rings is 1. The number of halogens is 2. The van der Waals surface area contributed by atoms with Gasteiger partial charge in [-0.1, -0.05) is 41.4 Å². The maximum absolute atomic E-state index is 13.0. The third kappa shape index (κ3) is 5.33. The van der Waals surface area contributed by atoms with Crippen molar-refractivity contribution >= 4 is 51.7 Å². The number of rotatable bonds is 7. The lowest BCUT2D eigenvalue weighted by atomic mass is 10.2. The van der Waals surface area contributed by atoms with Crippen molar-refractivity contribution in [3.63, 3.8) is 0 Å². The molecule has 2 aromatic heterocycles. The summed E-state index contributed by atoms with van der Waals surface area (Å²) in [4.78, 5) is 42.6. The first-order valence-electron chi connectivity index (χ1n) is 11.3. The van der Waals surface area contributed by atoms with Crippen LogP contribution < -0.4 is 15.6 Å². The van der Waals surface area contributed by atoms with E-state index in [0.717, 1.165) is 0 Å². The van der Waals surface area contributed by atoms with Gasteiger partial charge in [0, 0.05) is 18.1 Å². The van der Waals surface area contributed by atoms with Crippen molar-refractivity contribution < 1.29 is 19.1 Å². The fourth-order valence-electron chi connectivity index (χ4n) is 3.78. The van der Waals surface area contributed by atoms with E-state index in [2.05, 4.69) is 10.3 Å². The molecule has 1 unspecified atom stereocenters. The van der Waals surface area contributed by atoms with E-state index in [9.17, 15) is 14.4 Å². The maximum Gasteiger partial charge on any atom is 0.344 e. The molecule has 4 rings (SSSR count). The highest BCUT2D eigenvalue weighted by molar-refractivity contribution is 6.39. The number of amides is 1. The van der Waals surface area contributed by atoms with Crippen LogP contribution in [-0.4, -0.2) is 38.9 Å². The number of para-hydroxylation sites is 1. The van der Waals surface area contributed by atoms with E-state index < -0.39 is 30.1 Å². The summed E-state index contributed by atoms with van der Waals surface area (Å²) in [5.74, 6) is -1.28. The van der Waals surface area contributed by atoms with Crippen molar-refractivity contribution in [1.29, 1.82) is 0 Å². The van der Waals surface area contributed by atoms with Crippen LogP contribution in [0.25, 0.3) is 16.6 Å². The second kappa shape index (κ2) is 10.7. The Morgan fingerprint density at radius 3 is 2.49 bits per heavy atom. The summed E-state index contributed by atoms with van der Waals surface area (Å²) in [7, 11) is 1.71. The molecule has 0 aliphatic heterocycles. The van der Waals surface area contributed by atoms with Crippen LogP contribution >= 0.6 is 23.2 Å². The van der Waals surface area contributed by atoms with Crippen LogP contribution in [0.4, 0.5) is 5.69 Å². The molecule has 2 heterocycles. The summed E-state index contributed by atoms with van der Waals surface area (Å²) in [6.45, 7) is 4.39. The zero-order chi connectivity index (χ0) is 26.9. The Hall–Kier alpha value is -3.82. The fourth-order valence-corrected chi connectivity index (χ4v) is 4.35. The van der Waals surface area contributed by atoms with Crippen LogP contribution in [0.1, 0.15) is 18.3 Å². The second-order valence-corrected chi connectivity index (χ2v) is 9.18. The van der Waals surface area contributed by atoms with E-state index >= 15 is 0 Å². The van der Waals surface area contributed by atoms with Gasteiger partial charge in [-0.3, -0.25) is 14.3 Å². The van der Waals surface area contributed by atoms with Crippen LogP contribution in [0.15, 0.2) is 53.3 Å². The number of anilines is 1. The molecule has 37 heavy (non-hydrogen) atoms. The Morgan fingerprint density at radius 2 is 1.78 bits per heavy atom. The minimum atomic E-state index is -1.20. The Labute approximate surface area is 222 Å². The average molecular weight is 543 g/mol. The van der Waals surface area contributed by atoms with Crippen molar-refractivity contribution in [2.45, 2.75) is 26.9 Å². The van der Waals surface area contributed by atoms with Crippen LogP contribution in [0, 0.1) is 13.8 Å². The summed E-state index contributed by atoms with van der Waals surface area (Å²) in [5, 5.41) is 3.78. The largest absolute Gasteiger partial charge is 0.478 e. The molecule has 0 radical (unpaired) electrons. The molecule has 0 bridgehead atoms. The molecule has 0 fully saturated rings. The summed E-state index contributed by atoms with van der Waals surface area (Å²) in [6, 6.07) is 14.1. The van der Waals surface area contributed by atoms with Crippen LogP contribution in [0.2, 0.25) is 10.0 Å². The quantitative estimate of drug-likeness (QED) is 0.342. The Kier molecular flexibility index (Phi) is 7.56. The average Bonchev–Trinajstić information content (AvgIpc) is 3.07. The minimum Gasteiger partial charge on any atom is -0.478 e. The van der Waals surface area contributed by atoms with Crippen molar-refractivity contribution in [3.8, 4) is 11.4 Å². The molecule has 0 saturated carbocycles. The summed E-state index contributed by atoms with van der Waals surface area (Å²) >= 11 is 12.5. The molecule has 1 amide bonds. The standard InChI is InChI=1S/C26H24Cl2N4O5/c1-14-10-11-18-19(27)12-20(28)24(23(18)29-14)36-13-21(33)37-16(3)25(34)30-22-15(2)31(4)32(26(22)35)17-8-6-5-7-9-17/h5-12,16H,13H2,1-4H3,(H,30,34). The number of benzene rings is 2. The molecule has 0 saturated heterocycles. The highest BCUT2D eigenvalue weighted by Gasteiger charge is 2.24. The lowest BCUT2D eigenvalue weighted by molar-refractivity contribution is -0.155. The molecule has 2 aromatic carbocycles. The van der Waals surface area contributed by atoms with E-state index in [1.165, 1.54) is 17.7 Å². The van der Waals surface area contributed by atoms with Crippen molar-refractivity contribution in [2.75, 3.05) is 11.9 Å². The number of hydrogen-bond donors (Lipinski definition) is 1. The predicted octanol–water partition coefficient (Wildman–Crippen LogP) is 4.60. The first-order chi connectivity index (χ1) is 17.6. The lowest BCUT2D eigenvalue weighted by Gasteiger charge is -2.15. The third-order valence-electron chi connectivity index (χ3n) is 5.79. The highest BCUT2D eigenvalue weighted by atomic mass is 35.5. The number of fused-ring (bicyclic) bond motifs is 1. The van der Waals surface area contributed by atoms with Gasteiger partial charge < -0.3 is 14.8 Å². The van der Waals surface area contributed by atoms with Gasteiger partial charge in [0.1, 0.15) is 11.2 Å². The fraction of sp³-hybridized carbons (Fsp3) is 0.231.